The van der Waals surface area contributed by atoms with Gasteiger partial charge in [0.2, 0.25) is 0 Å². The molecule has 96 valence electrons. The van der Waals surface area contributed by atoms with Crippen LogP contribution in [0.2, 0.25) is 0 Å². The summed E-state index contributed by atoms with van der Waals surface area (Å²) in [6.45, 7) is 2.92. The van der Waals surface area contributed by atoms with E-state index in [0.29, 0.717) is 16.5 Å². The number of amides is 1. The maximum atomic E-state index is 12.0. The van der Waals surface area contributed by atoms with Gasteiger partial charge in [0.15, 0.2) is 0 Å². The molecule has 0 aromatic heterocycles. The van der Waals surface area contributed by atoms with E-state index in [4.69, 9.17) is 18.0 Å². The van der Waals surface area contributed by atoms with Crippen molar-refractivity contribution in [3.05, 3.63) is 35.4 Å². The minimum Gasteiger partial charge on any atom is -0.389 e. The summed E-state index contributed by atoms with van der Waals surface area (Å²) in [4.78, 5) is 12.3. The first-order valence-corrected chi connectivity index (χ1v) is 6.67. The molecular weight excluding hydrogens is 244 g/mol. The topological polar surface area (TPSA) is 55.1 Å². The van der Waals surface area contributed by atoms with Crippen LogP contribution in [0.1, 0.15) is 35.7 Å². The zero-order valence-corrected chi connectivity index (χ0v) is 11.3. The molecule has 1 aliphatic carbocycles. The van der Waals surface area contributed by atoms with Crippen LogP contribution >= 0.6 is 12.2 Å². The highest BCUT2D eigenvalue weighted by Crippen LogP contribution is 2.36. The Morgan fingerprint density at radius 1 is 1.50 bits per heavy atom. The molecule has 4 heteroatoms. The SMILES string of the molecule is CC(CNC(=O)c1cccc(C(N)=S)c1)C1CC1. The summed E-state index contributed by atoms with van der Waals surface area (Å²) in [7, 11) is 0. The molecule has 0 spiro atoms. The second kappa shape index (κ2) is 5.48. The van der Waals surface area contributed by atoms with Gasteiger partial charge in [-0.3, -0.25) is 4.79 Å². The minimum atomic E-state index is -0.0550. The summed E-state index contributed by atoms with van der Waals surface area (Å²) in [6, 6.07) is 7.12. The smallest absolute Gasteiger partial charge is 0.251 e. The van der Waals surface area contributed by atoms with Gasteiger partial charge in [-0.05, 0) is 36.8 Å². The van der Waals surface area contributed by atoms with Gasteiger partial charge in [0.1, 0.15) is 4.99 Å². The van der Waals surface area contributed by atoms with Crippen molar-refractivity contribution in [3.8, 4) is 0 Å². The number of carbonyl (C=O) groups is 1. The van der Waals surface area contributed by atoms with E-state index >= 15 is 0 Å². The van der Waals surface area contributed by atoms with Crippen molar-refractivity contribution in [1.29, 1.82) is 0 Å². The Hall–Kier alpha value is -1.42. The standard InChI is InChI=1S/C14H18N2OS/c1-9(10-5-6-10)8-16-14(17)12-4-2-3-11(7-12)13(15)18/h2-4,7,9-10H,5-6,8H2,1H3,(H2,15,18)(H,16,17). The third kappa shape index (κ3) is 3.29. The Balaban J connectivity index is 1.95. The molecule has 3 N–H and O–H groups in total. The van der Waals surface area contributed by atoms with E-state index < -0.39 is 0 Å². The molecule has 3 nitrogen and oxygen atoms in total. The maximum Gasteiger partial charge on any atom is 0.251 e. The first-order chi connectivity index (χ1) is 8.58. The molecule has 0 saturated heterocycles. The third-order valence-corrected chi connectivity index (χ3v) is 3.66. The number of thiocarbonyl (C=S) groups is 1. The summed E-state index contributed by atoms with van der Waals surface area (Å²) >= 11 is 4.90. The molecular formula is C14H18N2OS. The van der Waals surface area contributed by atoms with E-state index in [2.05, 4.69) is 12.2 Å². The number of hydrogen-bond donors (Lipinski definition) is 2. The molecule has 1 atom stereocenters. The van der Waals surface area contributed by atoms with Crippen LogP contribution in [0.3, 0.4) is 0 Å². The van der Waals surface area contributed by atoms with Crippen LogP contribution in [0.5, 0.6) is 0 Å². The summed E-state index contributed by atoms with van der Waals surface area (Å²) in [5, 5.41) is 2.96. The van der Waals surface area contributed by atoms with Crippen molar-refractivity contribution in [1.82, 2.24) is 5.32 Å². The fraction of sp³-hybridized carbons (Fsp3) is 0.429. The predicted octanol–water partition coefficient (Wildman–Crippen LogP) is 2.10. The van der Waals surface area contributed by atoms with Crippen molar-refractivity contribution >= 4 is 23.1 Å². The van der Waals surface area contributed by atoms with Crippen LogP contribution < -0.4 is 11.1 Å². The monoisotopic (exact) mass is 262 g/mol. The molecule has 1 fully saturated rings. The van der Waals surface area contributed by atoms with E-state index in [0.717, 1.165) is 18.0 Å². The van der Waals surface area contributed by atoms with E-state index in [-0.39, 0.29) is 5.91 Å². The van der Waals surface area contributed by atoms with Crippen LogP contribution in [0.15, 0.2) is 24.3 Å². The molecule has 1 saturated carbocycles. The summed E-state index contributed by atoms with van der Waals surface area (Å²) in [5.74, 6) is 1.31. The fourth-order valence-corrected chi connectivity index (χ4v) is 2.13. The highest BCUT2D eigenvalue weighted by Gasteiger charge is 2.27. The van der Waals surface area contributed by atoms with E-state index in [1.54, 1.807) is 18.2 Å². The lowest BCUT2D eigenvalue weighted by molar-refractivity contribution is 0.0946. The number of rotatable bonds is 5. The molecule has 0 radical (unpaired) electrons. The molecule has 0 aliphatic heterocycles. The van der Waals surface area contributed by atoms with Gasteiger partial charge in [-0.1, -0.05) is 31.3 Å². The third-order valence-electron chi connectivity index (χ3n) is 3.42. The van der Waals surface area contributed by atoms with Gasteiger partial charge in [-0.2, -0.15) is 0 Å². The van der Waals surface area contributed by atoms with Crippen molar-refractivity contribution in [2.75, 3.05) is 6.54 Å². The Morgan fingerprint density at radius 2 is 2.17 bits per heavy atom. The molecule has 18 heavy (non-hydrogen) atoms. The van der Waals surface area contributed by atoms with Crippen LogP contribution in [-0.2, 0) is 0 Å². The van der Waals surface area contributed by atoms with E-state index in [1.807, 2.05) is 6.07 Å². The summed E-state index contributed by atoms with van der Waals surface area (Å²) < 4.78 is 0. The van der Waals surface area contributed by atoms with Crippen molar-refractivity contribution in [2.24, 2.45) is 17.6 Å². The highest BCUT2D eigenvalue weighted by molar-refractivity contribution is 7.80. The van der Waals surface area contributed by atoms with Gasteiger partial charge in [0, 0.05) is 17.7 Å². The first-order valence-electron chi connectivity index (χ1n) is 6.26. The van der Waals surface area contributed by atoms with Gasteiger partial charge in [-0.15, -0.1) is 0 Å². The summed E-state index contributed by atoms with van der Waals surface area (Å²) in [5.41, 5.74) is 6.90. The Bertz CT molecular complexity index is 469. The fourth-order valence-electron chi connectivity index (χ4n) is 2.00. The number of nitrogens with one attached hydrogen (secondary N) is 1. The van der Waals surface area contributed by atoms with Crippen LogP contribution in [-0.4, -0.2) is 17.4 Å². The molecule has 2 rings (SSSR count). The molecule has 1 unspecified atom stereocenters. The van der Waals surface area contributed by atoms with Gasteiger partial charge < -0.3 is 11.1 Å². The Kier molecular flexibility index (Phi) is 3.97. The molecule has 1 aliphatic rings. The average Bonchev–Trinajstić information content (AvgIpc) is 3.20. The predicted molar refractivity (Wildman–Crippen MR) is 76.6 cm³/mol. The van der Waals surface area contributed by atoms with Gasteiger partial charge in [0.25, 0.3) is 5.91 Å². The highest BCUT2D eigenvalue weighted by atomic mass is 32.1. The lowest BCUT2D eigenvalue weighted by Gasteiger charge is -2.11. The lowest BCUT2D eigenvalue weighted by atomic mass is 10.1. The number of nitrogens with two attached hydrogens (primary N) is 1. The Morgan fingerprint density at radius 3 is 2.78 bits per heavy atom. The molecule has 1 amide bonds. The number of carbonyl (C=O) groups excluding carboxylic acids is 1. The quantitative estimate of drug-likeness (QED) is 0.799. The zero-order valence-electron chi connectivity index (χ0n) is 10.5. The van der Waals surface area contributed by atoms with Crippen LogP contribution in [0.25, 0.3) is 0 Å². The lowest BCUT2D eigenvalue weighted by Crippen LogP contribution is -2.29. The second-order valence-corrected chi connectivity index (χ2v) is 5.41. The van der Waals surface area contributed by atoms with Gasteiger partial charge in [-0.25, -0.2) is 0 Å². The maximum absolute atomic E-state index is 12.0. The number of hydrogen-bond acceptors (Lipinski definition) is 2. The number of benzene rings is 1. The Labute approximate surface area is 113 Å². The van der Waals surface area contributed by atoms with Crippen LogP contribution in [0, 0.1) is 11.8 Å². The van der Waals surface area contributed by atoms with E-state index in [9.17, 15) is 4.79 Å². The van der Waals surface area contributed by atoms with Crippen molar-refractivity contribution in [3.63, 3.8) is 0 Å². The van der Waals surface area contributed by atoms with Gasteiger partial charge in [0.05, 0.1) is 0 Å². The van der Waals surface area contributed by atoms with Gasteiger partial charge >= 0.3 is 0 Å². The minimum absolute atomic E-state index is 0.0550. The van der Waals surface area contributed by atoms with Crippen molar-refractivity contribution < 1.29 is 4.79 Å². The average molecular weight is 262 g/mol. The van der Waals surface area contributed by atoms with E-state index in [1.165, 1.54) is 12.8 Å². The summed E-state index contributed by atoms with van der Waals surface area (Å²) in [6.07, 6.45) is 2.60. The molecule has 1 aromatic rings. The van der Waals surface area contributed by atoms with Crippen molar-refractivity contribution in [2.45, 2.75) is 19.8 Å². The molecule has 0 bridgehead atoms. The normalized spacial score (nSPS) is 16.1. The molecule has 0 heterocycles. The molecule has 1 aromatic carbocycles. The largest absolute Gasteiger partial charge is 0.389 e. The first kappa shape index (κ1) is 13.0. The zero-order chi connectivity index (χ0) is 13.1. The second-order valence-electron chi connectivity index (χ2n) is 4.97. The van der Waals surface area contributed by atoms with Crippen LogP contribution in [0.4, 0.5) is 0 Å².